The minimum absolute atomic E-state index is 0.0400. The first-order chi connectivity index (χ1) is 9.32. The van der Waals surface area contributed by atoms with Crippen LogP contribution in [0.15, 0.2) is 27.5 Å². The lowest BCUT2D eigenvalue weighted by Gasteiger charge is -2.30. The molecule has 20 heavy (non-hydrogen) atoms. The molecule has 0 amide bonds. The molecule has 2 rings (SSSR count). The van der Waals surface area contributed by atoms with Crippen molar-refractivity contribution >= 4 is 23.1 Å². The van der Waals surface area contributed by atoms with E-state index in [1.54, 1.807) is 0 Å². The van der Waals surface area contributed by atoms with Gasteiger partial charge in [-0.15, -0.1) is 5.11 Å². The van der Waals surface area contributed by atoms with E-state index in [2.05, 4.69) is 15.3 Å². The number of azo groups is 1. The number of benzene rings is 1. The number of nitrogens with two attached hydrogens (primary N) is 2. The van der Waals surface area contributed by atoms with Crippen molar-refractivity contribution in [2.24, 2.45) is 21.2 Å². The van der Waals surface area contributed by atoms with Crippen molar-refractivity contribution in [2.75, 3.05) is 5.73 Å². The molecule has 1 aromatic carbocycles. The van der Waals surface area contributed by atoms with Crippen LogP contribution in [0.3, 0.4) is 0 Å². The summed E-state index contributed by atoms with van der Waals surface area (Å²) in [7, 11) is 0. The fraction of sp³-hybridized carbons (Fsp3) is 0.364. The van der Waals surface area contributed by atoms with Crippen LogP contribution in [0.5, 0.6) is 0 Å². The van der Waals surface area contributed by atoms with Crippen LogP contribution in [0.2, 0.25) is 5.02 Å². The van der Waals surface area contributed by atoms with E-state index in [4.69, 9.17) is 23.2 Å². The van der Waals surface area contributed by atoms with Gasteiger partial charge < -0.3 is 11.6 Å². The van der Waals surface area contributed by atoms with Crippen molar-refractivity contribution in [3.05, 3.63) is 28.5 Å². The van der Waals surface area contributed by atoms with Gasteiger partial charge in [-0.1, -0.05) is 11.6 Å². The minimum Gasteiger partial charge on any atom is -0.398 e. The normalized spacial score (nSPS) is 19.3. The molecule has 108 valence electrons. The largest absolute Gasteiger partial charge is 0.398 e. The zero-order valence-electron chi connectivity index (χ0n) is 10.2. The summed E-state index contributed by atoms with van der Waals surface area (Å²) in [5.41, 5.74) is 5.57. The first-order valence-electron chi connectivity index (χ1n) is 5.64. The van der Waals surface area contributed by atoms with Crippen molar-refractivity contribution < 1.29 is 13.2 Å². The standard InChI is InChI=1S/C11H11ClF3N5/c12-7-2-8(13)6(1-9(7)16)10(18-17)20-19-5-3-11(14,15)4-5/h1-2,5H,3-4,16-17H2/b18-10-,20-19?. The molecular weight excluding hydrogens is 295 g/mol. The van der Waals surface area contributed by atoms with Gasteiger partial charge in [-0.2, -0.15) is 10.2 Å². The summed E-state index contributed by atoms with van der Waals surface area (Å²) >= 11 is 5.65. The molecule has 0 saturated heterocycles. The summed E-state index contributed by atoms with van der Waals surface area (Å²) < 4.78 is 39.0. The predicted molar refractivity (Wildman–Crippen MR) is 69.4 cm³/mol. The highest BCUT2D eigenvalue weighted by Crippen LogP contribution is 2.39. The average Bonchev–Trinajstić information content (AvgIpc) is 2.33. The molecule has 1 aliphatic rings. The number of hydrazone groups is 1. The molecule has 0 radical (unpaired) electrons. The van der Waals surface area contributed by atoms with Gasteiger partial charge in [0, 0.05) is 12.8 Å². The number of hydrogen-bond acceptors (Lipinski definition) is 4. The summed E-state index contributed by atoms with van der Waals surface area (Å²) in [6.45, 7) is 0. The maximum atomic E-state index is 13.7. The second-order valence-corrected chi connectivity index (χ2v) is 4.85. The number of hydrogen-bond donors (Lipinski definition) is 2. The molecule has 0 aliphatic heterocycles. The van der Waals surface area contributed by atoms with Crippen molar-refractivity contribution in [2.45, 2.75) is 24.8 Å². The molecule has 0 unspecified atom stereocenters. The van der Waals surface area contributed by atoms with Crippen molar-refractivity contribution in [1.29, 1.82) is 0 Å². The van der Waals surface area contributed by atoms with Crippen LogP contribution in [-0.2, 0) is 0 Å². The Balaban J connectivity index is 2.18. The summed E-state index contributed by atoms with van der Waals surface area (Å²) in [6.07, 6.45) is -0.779. The smallest absolute Gasteiger partial charge is 0.252 e. The Morgan fingerprint density at radius 3 is 2.55 bits per heavy atom. The minimum atomic E-state index is -2.71. The van der Waals surface area contributed by atoms with Crippen LogP contribution in [-0.4, -0.2) is 17.8 Å². The molecule has 0 spiro atoms. The van der Waals surface area contributed by atoms with Gasteiger partial charge in [-0.3, -0.25) is 0 Å². The first-order valence-corrected chi connectivity index (χ1v) is 6.01. The van der Waals surface area contributed by atoms with E-state index in [0.29, 0.717) is 0 Å². The number of anilines is 1. The van der Waals surface area contributed by atoms with Crippen LogP contribution in [0.4, 0.5) is 18.9 Å². The average molecular weight is 306 g/mol. The molecule has 0 atom stereocenters. The van der Waals surface area contributed by atoms with E-state index in [9.17, 15) is 13.2 Å². The van der Waals surface area contributed by atoms with E-state index >= 15 is 0 Å². The highest BCUT2D eigenvalue weighted by atomic mass is 35.5. The number of nitrogen functional groups attached to an aromatic ring is 1. The number of alkyl halides is 2. The van der Waals surface area contributed by atoms with Gasteiger partial charge in [0.2, 0.25) is 5.84 Å². The van der Waals surface area contributed by atoms with Crippen LogP contribution < -0.4 is 11.6 Å². The third kappa shape index (κ3) is 3.01. The summed E-state index contributed by atoms with van der Waals surface area (Å²) in [5, 5.41) is 10.6. The zero-order chi connectivity index (χ0) is 14.9. The van der Waals surface area contributed by atoms with Gasteiger partial charge >= 0.3 is 0 Å². The molecule has 1 saturated carbocycles. The van der Waals surface area contributed by atoms with Gasteiger partial charge in [0.05, 0.1) is 22.3 Å². The number of nitrogens with zero attached hydrogens (tertiary/aromatic N) is 3. The van der Waals surface area contributed by atoms with Gasteiger partial charge in [0.15, 0.2) is 0 Å². The van der Waals surface area contributed by atoms with Crippen molar-refractivity contribution in [1.82, 2.24) is 0 Å². The van der Waals surface area contributed by atoms with E-state index in [1.165, 1.54) is 6.07 Å². The summed E-state index contributed by atoms with van der Waals surface area (Å²) in [6, 6.07) is 1.58. The topological polar surface area (TPSA) is 89.1 Å². The van der Waals surface area contributed by atoms with Crippen LogP contribution in [0.25, 0.3) is 0 Å². The lowest BCUT2D eigenvalue weighted by atomic mass is 9.89. The Bertz CT molecular complexity index is 580. The molecular formula is C11H11ClF3N5. The molecule has 1 aromatic rings. The summed E-state index contributed by atoms with van der Waals surface area (Å²) in [4.78, 5) is 0. The third-order valence-electron chi connectivity index (χ3n) is 2.83. The molecule has 0 bridgehead atoms. The lowest BCUT2D eigenvalue weighted by molar-refractivity contribution is -0.0847. The van der Waals surface area contributed by atoms with Crippen LogP contribution in [0, 0.1) is 5.82 Å². The van der Waals surface area contributed by atoms with Gasteiger partial charge in [0.1, 0.15) is 5.82 Å². The number of amidine groups is 1. The molecule has 9 heteroatoms. The predicted octanol–water partition coefficient (Wildman–Crippen LogP) is 2.93. The maximum Gasteiger partial charge on any atom is 0.252 e. The fourth-order valence-electron chi connectivity index (χ4n) is 1.73. The van der Waals surface area contributed by atoms with Gasteiger partial charge in [-0.25, -0.2) is 13.2 Å². The molecule has 1 fully saturated rings. The van der Waals surface area contributed by atoms with E-state index in [1.807, 2.05) is 0 Å². The fourth-order valence-corrected chi connectivity index (χ4v) is 1.88. The third-order valence-corrected chi connectivity index (χ3v) is 3.16. The Kier molecular flexibility index (Phi) is 3.85. The van der Waals surface area contributed by atoms with E-state index in [-0.39, 0.29) is 35.0 Å². The Labute approximate surface area is 117 Å². The van der Waals surface area contributed by atoms with Crippen LogP contribution >= 0.6 is 11.6 Å². The number of rotatable bonds is 2. The van der Waals surface area contributed by atoms with Crippen molar-refractivity contribution in [3.63, 3.8) is 0 Å². The van der Waals surface area contributed by atoms with Crippen molar-refractivity contribution in [3.8, 4) is 0 Å². The first kappa shape index (κ1) is 14.6. The van der Waals surface area contributed by atoms with Gasteiger partial charge in [0.25, 0.3) is 5.92 Å². The molecule has 1 aliphatic carbocycles. The molecule has 5 nitrogen and oxygen atoms in total. The second kappa shape index (κ2) is 5.28. The molecule has 4 N–H and O–H groups in total. The van der Waals surface area contributed by atoms with Gasteiger partial charge in [-0.05, 0) is 12.1 Å². The Morgan fingerprint density at radius 1 is 1.35 bits per heavy atom. The number of halogens is 4. The summed E-state index contributed by atoms with van der Waals surface area (Å²) in [5.74, 6) is 1.43. The quantitative estimate of drug-likeness (QED) is 0.220. The highest BCUT2D eigenvalue weighted by molar-refractivity contribution is 6.33. The monoisotopic (exact) mass is 305 g/mol. The molecule has 0 heterocycles. The zero-order valence-corrected chi connectivity index (χ0v) is 10.9. The Morgan fingerprint density at radius 2 is 2.00 bits per heavy atom. The second-order valence-electron chi connectivity index (χ2n) is 4.44. The SMILES string of the molecule is N/N=C(\N=NC1CC(F)(F)C1)c1cc(N)c(Cl)cc1F. The van der Waals surface area contributed by atoms with Crippen LogP contribution in [0.1, 0.15) is 18.4 Å². The highest BCUT2D eigenvalue weighted by Gasteiger charge is 2.45. The lowest BCUT2D eigenvalue weighted by Crippen LogP contribution is -2.38. The Hall–Kier alpha value is -1.83. The van der Waals surface area contributed by atoms with E-state index < -0.39 is 17.8 Å². The van der Waals surface area contributed by atoms with E-state index in [0.717, 1.165) is 6.07 Å². The maximum absolute atomic E-state index is 13.7. The molecule has 0 aromatic heterocycles.